The fraction of sp³-hybridized carbons (Fsp3) is 0.888. The molecule has 23 nitrogen and oxygen atoms in total. The molecule has 5 aliphatic heterocycles. The highest BCUT2D eigenvalue weighted by molar-refractivity contribution is 5.81. The van der Waals surface area contributed by atoms with Crippen LogP contribution in [-0.2, 0) is 110 Å². The molecule has 5 saturated heterocycles. The molecule has 10 bridgehead atoms. The fourth-order valence-corrected chi connectivity index (χ4v) is 21.1. The minimum absolute atomic E-state index is 0. The zero-order valence-electron chi connectivity index (χ0n) is 63.7. The van der Waals surface area contributed by atoms with Crippen molar-refractivity contribution in [3.05, 3.63) is 0 Å². The molecule has 10 saturated carbocycles. The number of methoxy groups -OCH3 is 2. The van der Waals surface area contributed by atoms with E-state index in [2.05, 4.69) is 13.8 Å². The number of carbonyl (C=O) groups is 10. The standard InChI is InChI=1S/C17H26O5.C16H24O5.C16H24O4.C15H22O5.C15H22O4.10CH4/c1-5-17(3,4)16(19)22-14-9-7-10(13(14)20-6-2)12-11(9)8-21-15(12)18;1-5-16(2,3)15(18)21-13-8-6-9(12(13)19-4)11-10(8)7-20-14(11)17;1-5-16(3,4)15(18)20-13-8(2)9-6-10(13)11-7-19-14(17)12(9)11;1-4-7(2)14(16)20-13-8-5-9(12(13)18-3)11-10(8)6-19-15(11)17;1-4-7(2)14(16)19-13-8(3)9-5-10(13)11-6-18-15(17)12(9)11;;;;;;;;;;/h9-14H,5-8H2,1-4H3;8-13H,5-7H2,1-4H3;8-13H,5-7H2,1-4H3;7-13H,4-6H2,1-3H3;7-13H,4-6H2,1-3H3;10*1H4. The first kappa shape index (κ1) is 105. The van der Waals surface area contributed by atoms with Crippen LogP contribution in [0, 0.1) is 158 Å². The van der Waals surface area contributed by atoms with E-state index >= 15 is 0 Å². The van der Waals surface area contributed by atoms with E-state index < -0.39 is 16.2 Å². The van der Waals surface area contributed by atoms with E-state index in [1.807, 2.05) is 96.9 Å². The number of fused-ring (bicyclic) bond motifs is 25. The van der Waals surface area contributed by atoms with Crippen LogP contribution in [0.15, 0.2) is 0 Å². The highest BCUT2D eigenvalue weighted by atomic mass is 16.6. The first-order valence-electron chi connectivity index (χ1n) is 38.8. The lowest BCUT2D eigenvalue weighted by atomic mass is 9.74. The Kier molecular flexibility index (Phi) is 38.4. The van der Waals surface area contributed by atoms with Gasteiger partial charge in [-0.2, -0.15) is 0 Å². The zero-order chi connectivity index (χ0) is 74.3. The number of hydrogen-bond acceptors (Lipinski definition) is 23. The first-order chi connectivity index (χ1) is 48.3. The van der Waals surface area contributed by atoms with Gasteiger partial charge in [-0.25, -0.2) is 0 Å². The molecular formula is C89H158O23. The first-order valence-corrected chi connectivity index (χ1v) is 38.8. The van der Waals surface area contributed by atoms with Gasteiger partial charge in [-0.05, 0) is 136 Å². The molecule has 32 unspecified atom stereocenters. The predicted octanol–water partition coefficient (Wildman–Crippen LogP) is 16.2. The number of esters is 10. The van der Waals surface area contributed by atoms with Crippen LogP contribution < -0.4 is 0 Å². The summed E-state index contributed by atoms with van der Waals surface area (Å²) in [6, 6.07) is 0. The lowest BCUT2D eigenvalue weighted by molar-refractivity contribution is -0.176. The van der Waals surface area contributed by atoms with Gasteiger partial charge in [0.05, 0.1) is 109 Å². The molecule has 0 amide bonds. The smallest absolute Gasteiger partial charge is 0.311 e. The maximum absolute atomic E-state index is 12.5. The molecule has 15 aliphatic rings. The molecule has 5 heterocycles. The van der Waals surface area contributed by atoms with E-state index in [1.165, 1.54) is 0 Å². The van der Waals surface area contributed by atoms with Gasteiger partial charge in [-0.15, -0.1) is 0 Å². The third-order valence-electron chi connectivity index (χ3n) is 28.7. The number of rotatable bonds is 19. The van der Waals surface area contributed by atoms with E-state index in [-0.39, 0.29) is 301 Å². The van der Waals surface area contributed by atoms with E-state index in [4.69, 9.17) is 61.6 Å². The maximum atomic E-state index is 12.5. The Hall–Kier alpha value is -5.42. The molecule has 652 valence electrons. The highest BCUT2D eigenvalue weighted by Crippen LogP contribution is 2.63. The van der Waals surface area contributed by atoms with Crippen molar-refractivity contribution < 1.29 is 110 Å². The molecule has 10 aliphatic carbocycles. The van der Waals surface area contributed by atoms with Crippen molar-refractivity contribution in [2.75, 3.05) is 53.9 Å². The van der Waals surface area contributed by atoms with Gasteiger partial charge in [0.25, 0.3) is 0 Å². The van der Waals surface area contributed by atoms with Crippen molar-refractivity contribution in [2.24, 2.45) is 158 Å². The third kappa shape index (κ3) is 18.6. The Bertz CT molecular complexity index is 3140. The molecule has 0 radical (unpaired) electrons. The van der Waals surface area contributed by atoms with Crippen molar-refractivity contribution in [1.82, 2.24) is 0 Å². The lowest BCUT2D eigenvalue weighted by Crippen LogP contribution is -2.47. The monoisotopic (exact) mass is 1600 g/mol. The second-order valence-corrected chi connectivity index (χ2v) is 34.7. The van der Waals surface area contributed by atoms with Crippen LogP contribution in [-0.4, -0.2) is 162 Å². The Morgan fingerprint density at radius 2 is 0.554 bits per heavy atom. The van der Waals surface area contributed by atoms with E-state index in [0.29, 0.717) is 63.3 Å². The van der Waals surface area contributed by atoms with Gasteiger partial charge in [0.1, 0.15) is 30.5 Å². The summed E-state index contributed by atoms with van der Waals surface area (Å²) in [5, 5.41) is 0. The van der Waals surface area contributed by atoms with Crippen LogP contribution in [0.2, 0.25) is 0 Å². The summed E-state index contributed by atoms with van der Waals surface area (Å²) >= 11 is 0. The summed E-state index contributed by atoms with van der Waals surface area (Å²) in [4.78, 5) is 120. The van der Waals surface area contributed by atoms with E-state index in [1.54, 1.807) is 14.2 Å². The summed E-state index contributed by atoms with van der Waals surface area (Å²) in [5.41, 5.74) is -1.40. The Labute approximate surface area is 676 Å². The largest absolute Gasteiger partial charge is 0.465 e. The lowest BCUT2D eigenvalue weighted by Gasteiger charge is -2.36. The summed E-state index contributed by atoms with van der Waals surface area (Å²) < 4.78 is 72.0. The average molecular weight is 1600 g/mol. The Morgan fingerprint density at radius 1 is 0.330 bits per heavy atom. The molecule has 23 heteroatoms. The molecule has 32 atom stereocenters. The maximum Gasteiger partial charge on any atom is 0.311 e. The SMILES string of the molecule is C.C.C.C.C.C.C.C.C.C.CCC(C)(C)C(=O)OC1C(C)C2CC1C1COC(=O)C21.CCC(C)(C)C(=O)OC1C2CC(C1OC)C1C(=O)OCC21.CCC(C)C(=O)OC1C(C)C2CC1C1COC(=O)C21.CCC(C)C(=O)OC1C2CC(C1OC)C1C(=O)OCC21.CCOC1C2CC(C3COC(=O)C32)C1OC(=O)C(C)(C)CC. The van der Waals surface area contributed by atoms with Crippen LogP contribution in [0.4, 0.5) is 0 Å². The quantitative estimate of drug-likeness (QED) is 0.0857. The highest BCUT2D eigenvalue weighted by Gasteiger charge is 2.70. The van der Waals surface area contributed by atoms with Gasteiger partial charge in [0, 0.05) is 97.8 Å². The van der Waals surface area contributed by atoms with Gasteiger partial charge in [-0.1, -0.05) is 137 Å². The van der Waals surface area contributed by atoms with Crippen LogP contribution in [0.3, 0.4) is 0 Å². The Morgan fingerprint density at radius 3 is 0.821 bits per heavy atom. The van der Waals surface area contributed by atoms with Crippen LogP contribution in [0.5, 0.6) is 0 Å². The molecule has 0 aromatic rings. The predicted molar refractivity (Wildman–Crippen MR) is 431 cm³/mol. The van der Waals surface area contributed by atoms with Gasteiger partial charge in [-0.3, -0.25) is 47.9 Å². The molecule has 112 heavy (non-hydrogen) atoms. The molecule has 15 rings (SSSR count). The second-order valence-electron chi connectivity index (χ2n) is 34.7. The summed E-state index contributed by atoms with van der Waals surface area (Å²) in [6.45, 7) is 34.4. The second kappa shape index (κ2) is 41.1. The molecular weight excluding hydrogens is 1440 g/mol. The van der Waals surface area contributed by atoms with Gasteiger partial charge in [0.2, 0.25) is 0 Å². The molecule has 0 aromatic carbocycles. The summed E-state index contributed by atoms with van der Waals surface area (Å²) in [7, 11) is 3.26. The topological polar surface area (TPSA) is 291 Å². The fourth-order valence-electron chi connectivity index (χ4n) is 21.1. The van der Waals surface area contributed by atoms with Crippen molar-refractivity contribution in [3.63, 3.8) is 0 Å². The van der Waals surface area contributed by atoms with E-state index in [0.717, 1.165) is 64.2 Å². The third-order valence-corrected chi connectivity index (χ3v) is 28.7. The zero-order valence-corrected chi connectivity index (χ0v) is 63.7. The van der Waals surface area contributed by atoms with Crippen LogP contribution >= 0.6 is 0 Å². The van der Waals surface area contributed by atoms with Crippen molar-refractivity contribution in [1.29, 1.82) is 0 Å². The summed E-state index contributed by atoms with van der Waals surface area (Å²) in [5.74, 6) is 2.74. The van der Waals surface area contributed by atoms with Crippen molar-refractivity contribution in [3.8, 4) is 0 Å². The molecule has 0 N–H and O–H groups in total. The minimum atomic E-state index is -0.486. The molecule has 0 aromatic heterocycles. The van der Waals surface area contributed by atoms with Crippen LogP contribution in [0.1, 0.15) is 249 Å². The van der Waals surface area contributed by atoms with Crippen molar-refractivity contribution in [2.45, 2.75) is 298 Å². The average Bonchev–Trinajstić information content (AvgIpc) is 1.60. The van der Waals surface area contributed by atoms with Gasteiger partial charge in [0.15, 0.2) is 0 Å². The van der Waals surface area contributed by atoms with Gasteiger partial charge >= 0.3 is 59.7 Å². The van der Waals surface area contributed by atoms with Crippen molar-refractivity contribution >= 4 is 59.7 Å². The van der Waals surface area contributed by atoms with E-state index in [9.17, 15) is 47.9 Å². The minimum Gasteiger partial charge on any atom is -0.465 e. The van der Waals surface area contributed by atoms with Crippen LogP contribution in [0.25, 0.3) is 0 Å². The number of cyclic esters (lactones) is 5. The number of hydrogen-bond donors (Lipinski definition) is 0. The number of carbonyl (C=O) groups excluding carboxylic acids is 10. The molecule has 0 spiro atoms. The summed E-state index contributed by atoms with van der Waals surface area (Å²) in [6.07, 6.45) is 7.29. The Balaban J connectivity index is 0.000000685. The number of ether oxygens (including phenoxy) is 13. The molecule has 15 fully saturated rings. The van der Waals surface area contributed by atoms with Gasteiger partial charge < -0.3 is 61.6 Å². The normalized spacial score (nSPS) is 38.4.